The van der Waals surface area contributed by atoms with Crippen LogP contribution >= 0.6 is 27.5 Å². The van der Waals surface area contributed by atoms with Crippen molar-refractivity contribution < 1.29 is 14.1 Å². The third-order valence-electron chi connectivity index (χ3n) is 2.58. The number of hydrogen-bond acceptors (Lipinski definition) is 5. The van der Waals surface area contributed by atoms with Gasteiger partial charge in [-0.05, 0) is 22.0 Å². The average molecular weight is 391 g/mol. The molecule has 0 aliphatic carbocycles. The van der Waals surface area contributed by atoms with Crippen LogP contribution in [-0.2, 0) is 0 Å². The van der Waals surface area contributed by atoms with Gasteiger partial charge in [-0.1, -0.05) is 24.8 Å². The first-order chi connectivity index (χ1) is 10.1. The summed E-state index contributed by atoms with van der Waals surface area (Å²) in [7, 11) is 0. The van der Waals surface area contributed by atoms with Crippen molar-refractivity contribution in [3.63, 3.8) is 0 Å². The van der Waals surface area contributed by atoms with E-state index >= 15 is 0 Å². The molecular weight excluding hydrogens is 381 g/mol. The number of Topliss-reactive ketones (excluding diaryl/α,β-unsaturated/α-hetero) is 1. The molecule has 0 heterocycles. The maximum atomic E-state index is 13.0. The molecule has 9 heteroatoms. The van der Waals surface area contributed by atoms with Gasteiger partial charge in [0.05, 0.1) is 20.8 Å². The van der Waals surface area contributed by atoms with Gasteiger partial charge in [-0.15, -0.1) is 0 Å². The van der Waals surface area contributed by atoms with Crippen LogP contribution in [0.15, 0.2) is 46.2 Å². The zero-order valence-corrected chi connectivity index (χ0v) is 13.4. The number of halogens is 3. The Labute approximate surface area is 138 Å². The summed E-state index contributed by atoms with van der Waals surface area (Å²) < 4.78 is 12.9. The number of benzene rings is 1. The molecule has 116 valence electrons. The van der Waals surface area contributed by atoms with Crippen molar-refractivity contribution in [3.05, 3.63) is 61.9 Å². The second kappa shape index (κ2) is 6.71. The minimum Gasteiger partial charge on any atom is -0.397 e. The van der Waals surface area contributed by atoms with E-state index in [4.69, 9.17) is 23.1 Å². The van der Waals surface area contributed by atoms with E-state index in [-0.39, 0.29) is 26.5 Å². The second-order valence-corrected chi connectivity index (χ2v) is 5.33. The quantitative estimate of drug-likeness (QED) is 0.198. The summed E-state index contributed by atoms with van der Waals surface area (Å²) >= 11 is 8.64. The fraction of sp³-hybridized carbons (Fsp3) is 0. The van der Waals surface area contributed by atoms with Gasteiger partial charge >= 0.3 is 0 Å². The van der Waals surface area contributed by atoms with Gasteiger partial charge in [0.25, 0.3) is 5.69 Å². The topological polar surface area (TPSA) is 112 Å². The molecule has 0 saturated heterocycles. The van der Waals surface area contributed by atoms with E-state index in [1.807, 2.05) is 0 Å². The Kier molecular flexibility index (Phi) is 5.45. The van der Waals surface area contributed by atoms with E-state index < -0.39 is 27.8 Å². The SMILES string of the molecule is C=C(F)/C=C(\C(=C)Cl)C(=O)c1c([N+](=O)[O-])cc(N)c(N)c1Br. The van der Waals surface area contributed by atoms with Crippen LogP contribution in [0, 0.1) is 10.1 Å². The Morgan fingerprint density at radius 3 is 2.41 bits per heavy atom. The van der Waals surface area contributed by atoms with Gasteiger partial charge in [0, 0.05) is 16.7 Å². The predicted molar refractivity (Wildman–Crippen MR) is 87.3 cm³/mol. The molecule has 4 N–H and O–H groups in total. The van der Waals surface area contributed by atoms with Gasteiger partial charge in [0.1, 0.15) is 11.4 Å². The number of rotatable bonds is 5. The van der Waals surface area contributed by atoms with Gasteiger partial charge in [-0.25, -0.2) is 4.39 Å². The highest BCUT2D eigenvalue weighted by molar-refractivity contribution is 9.10. The lowest BCUT2D eigenvalue weighted by Crippen LogP contribution is -2.11. The van der Waals surface area contributed by atoms with Crippen molar-refractivity contribution >= 4 is 50.4 Å². The van der Waals surface area contributed by atoms with Gasteiger partial charge in [0.2, 0.25) is 5.78 Å². The molecule has 0 atom stereocenters. The Bertz CT molecular complexity index is 747. The molecule has 1 rings (SSSR count). The number of carbonyl (C=O) groups excluding carboxylic acids is 1. The standard InChI is InChI=1S/C13H10BrClFN3O3/c1-5(16)3-7(6(2)15)13(20)10-9(19(21)22)4-8(17)12(18)11(10)14/h3-4H,1-2,17-18H2/b7-3+. The number of carbonyl (C=O) groups is 1. The molecule has 0 fully saturated rings. The fourth-order valence-electron chi connectivity index (χ4n) is 1.59. The molecule has 0 bridgehead atoms. The van der Waals surface area contributed by atoms with E-state index in [1.165, 1.54) is 0 Å². The van der Waals surface area contributed by atoms with E-state index in [0.29, 0.717) is 0 Å². The lowest BCUT2D eigenvalue weighted by molar-refractivity contribution is -0.385. The van der Waals surface area contributed by atoms with Crippen LogP contribution < -0.4 is 11.5 Å². The first kappa shape index (κ1) is 17.9. The molecule has 0 saturated carbocycles. The number of allylic oxidation sites excluding steroid dienone is 4. The summed E-state index contributed by atoms with van der Waals surface area (Å²) in [5.74, 6) is -1.91. The summed E-state index contributed by atoms with van der Waals surface area (Å²) in [6, 6.07) is 0.937. The molecule has 0 amide bonds. The van der Waals surface area contributed by atoms with Crippen molar-refractivity contribution in [2.75, 3.05) is 11.5 Å². The molecule has 1 aromatic carbocycles. The first-order valence-corrected chi connectivity index (χ1v) is 6.72. The normalized spacial score (nSPS) is 11.1. The number of nitrogens with zero attached hydrogens (tertiary/aromatic N) is 1. The first-order valence-electron chi connectivity index (χ1n) is 5.55. The van der Waals surface area contributed by atoms with Crippen molar-refractivity contribution in [3.8, 4) is 0 Å². The molecule has 0 aromatic heterocycles. The van der Waals surface area contributed by atoms with Crippen LogP contribution in [0.1, 0.15) is 10.4 Å². The Hall–Kier alpha value is -2.19. The highest BCUT2D eigenvalue weighted by atomic mass is 79.9. The van der Waals surface area contributed by atoms with Gasteiger partial charge < -0.3 is 11.5 Å². The third-order valence-corrected chi connectivity index (χ3v) is 3.60. The van der Waals surface area contributed by atoms with Gasteiger partial charge in [0.15, 0.2) is 0 Å². The molecule has 22 heavy (non-hydrogen) atoms. The van der Waals surface area contributed by atoms with Crippen LogP contribution in [0.25, 0.3) is 0 Å². The number of anilines is 2. The Morgan fingerprint density at radius 2 is 2.00 bits per heavy atom. The van der Waals surface area contributed by atoms with Crippen molar-refractivity contribution in [1.82, 2.24) is 0 Å². The van der Waals surface area contributed by atoms with E-state index in [9.17, 15) is 19.3 Å². The lowest BCUT2D eigenvalue weighted by atomic mass is 9.99. The molecular formula is C13H10BrClFN3O3. The van der Waals surface area contributed by atoms with E-state index in [2.05, 4.69) is 29.1 Å². The maximum Gasteiger partial charge on any atom is 0.283 e. The minimum absolute atomic E-state index is 0.0624. The second-order valence-electron chi connectivity index (χ2n) is 4.08. The van der Waals surface area contributed by atoms with Crippen LogP contribution in [0.3, 0.4) is 0 Å². The summed E-state index contributed by atoms with van der Waals surface area (Å²) in [6.45, 7) is 6.31. The predicted octanol–water partition coefficient (Wildman–Crippen LogP) is 3.87. The summed E-state index contributed by atoms with van der Waals surface area (Å²) in [6.07, 6.45) is 0.723. The highest BCUT2D eigenvalue weighted by Gasteiger charge is 2.29. The van der Waals surface area contributed by atoms with Gasteiger partial charge in [-0.3, -0.25) is 14.9 Å². The van der Waals surface area contributed by atoms with Crippen molar-refractivity contribution in [2.24, 2.45) is 0 Å². The smallest absolute Gasteiger partial charge is 0.283 e. The number of nitro groups is 1. The molecule has 0 spiro atoms. The molecule has 0 aliphatic rings. The Balaban J connectivity index is 3.71. The molecule has 0 unspecified atom stereocenters. The summed E-state index contributed by atoms with van der Waals surface area (Å²) in [5.41, 5.74) is 9.65. The Morgan fingerprint density at radius 1 is 1.45 bits per heavy atom. The van der Waals surface area contributed by atoms with Crippen LogP contribution in [0.2, 0.25) is 0 Å². The number of hydrogen-bond donors (Lipinski definition) is 2. The average Bonchev–Trinajstić information content (AvgIpc) is 2.40. The fourth-order valence-corrected chi connectivity index (χ4v) is 2.34. The van der Waals surface area contributed by atoms with Crippen LogP contribution in [0.5, 0.6) is 0 Å². The van der Waals surface area contributed by atoms with Crippen molar-refractivity contribution in [1.29, 1.82) is 0 Å². The van der Waals surface area contributed by atoms with Gasteiger partial charge in [-0.2, -0.15) is 0 Å². The van der Waals surface area contributed by atoms with Crippen LogP contribution in [0.4, 0.5) is 21.5 Å². The zero-order chi connectivity index (χ0) is 17.2. The minimum atomic E-state index is -0.965. The van der Waals surface area contributed by atoms with Crippen LogP contribution in [-0.4, -0.2) is 10.7 Å². The summed E-state index contributed by atoms with van der Waals surface area (Å²) in [5, 5.41) is 10.8. The monoisotopic (exact) mass is 389 g/mol. The largest absolute Gasteiger partial charge is 0.397 e. The molecule has 0 radical (unpaired) electrons. The third kappa shape index (κ3) is 3.52. The summed E-state index contributed by atoms with van der Waals surface area (Å²) in [4.78, 5) is 22.8. The number of nitrogen functional groups attached to an aromatic ring is 2. The molecule has 0 aliphatic heterocycles. The zero-order valence-electron chi connectivity index (χ0n) is 11.0. The number of ketones is 1. The van der Waals surface area contributed by atoms with E-state index in [1.54, 1.807) is 0 Å². The highest BCUT2D eigenvalue weighted by Crippen LogP contribution is 2.38. The molecule has 6 nitrogen and oxygen atoms in total. The number of nitrogens with two attached hydrogens (primary N) is 2. The molecule has 1 aromatic rings. The number of nitro benzene ring substituents is 1. The van der Waals surface area contributed by atoms with E-state index in [0.717, 1.165) is 12.1 Å². The van der Waals surface area contributed by atoms with Crippen molar-refractivity contribution in [2.45, 2.75) is 0 Å². The maximum absolute atomic E-state index is 13.0. The lowest BCUT2D eigenvalue weighted by Gasteiger charge is -2.11.